The summed E-state index contributed by atoms with van der Waals surface area (Å²) in [5.74, 6) is -2.08. The summed E-state index contributed by atoms with van der Waals surface area (Å²) in [6.07, 6.45) is 0.500. The number of carbonyl (C=O) groups excluding carboxylic acids is 2. The molecule has 1 aliphatic heterocycles. The van der Waals surface area contributed by atoms with E-state index in [-0.39, 0.29) is 11.8 Å². The number of nitrogens with zero attached hydrogens (tertiary/aromatic N) is 3. The average molecular weight is 334 g/mol. The summed E-state index contributed by atoms with van der Waals surface area (Å²) in [5, 5.41) is 16.1. The predicted molar refractivity (Wildman–Crippen MR) is 85.2 cm³/mol. The number of carboxylic acid groups (broad SMARTS) is 1. The number of aromatic nitrogens is 2. The van der Waals surface area contributed by atoms with Crippen molar-refractivity contribution in [3.63, 3.8) is 0 Å². The molecule has 0 bridgehead atoms. The SMILES string of the molecule is Cc1cc(N2CCC(NC(=O)[C@@H]3[C@H](C(=O)O)C3(C)C)C2=O)n(C)n1. The van der Waals surface area contributed by atoms with E-state index in [1.807, 2.05) is 13.0 Å². The summed E-state index contributed by atoms with van der Waals surface area (Å²) >= 11 is 0. The van der Waals surface area contributed by atoms with Gasteiger partial charge in [0.25, 0.3) is 5.91 Å². The van der Waals surface area contributed by atoms with Crippen molar-refractivity contribution in [2.75, 3.05) is 11.4 Å². The minimum Gasteiger partial charge on any atom is -0.481 e. The van der Waals surface area contributed by atoms with E-state index in [0.717, 1.165) is 5.69 Å². The Morgan fingerprint density at radius 3 is 2.54 bits per heavy atom. The minimum atomic E-state index is -0.968. The maximum absolute atomic E-state index is 12.6. The van der Waals surface area contributed by atoms with E-state index in [0.29, 0.717) is 18.8 Å². The fraction of sp³-hybridized carbons (Fsp3) is 0.625. The molecule has 0 radical (unpaired) electrons. The van der Waals surface area contributed by atoms with Gasteiger partial charge in [-0.2, -0.15) is 5.10 Å². The van der Waals surface area contributed by atoms with Crippen molar-refractivity contribution < 1.29 is 19.5 Å². The third kappa shape index (κ3) is 2.46. The lowest BCUT2D eigenvalue weighted by Crippen LogP contribution is -2.43. The number of carbonyl (C=O) groups is 3. The van der Waals surface area contributed by atoms with Gasteiger partial charge in [0.1, 0.15) is 11.9 Å². The molecule has 0 aromatic carbocycles. The molecule has 2 aliphatic rings. The first kappa shape index (κ1) is 16.5. The van der Waals surface area contributed by atoms with Crippen LogP contribution in [-0.4, -0.2) is 45.3 Å². The van der Waals surface area contributed by atoms with Gasteiger partial charge in [0, 0.05) is 19.7 Å². The molecular weight excluding hydrogens is 312 g/mol. The highest BCUT2D eigenvalue weighted by Crippen LogP contribution is 2.58. The predicted octanol–water partition coefficient (Wildman–Crippen LogP) is 0.307. The molecule has 1 aromatic heterocycles. The number of nitrogens with one attached hydrogen (secondary N) is 1. The van der Waals surface area contributed by atoms with Gasteiger partial charge in [-0.15, -0.1) is 0 Å². The summed E-state index contributed by atoms with van der Waals surface area (Å²) < 4.78 is 1.64. The first-order valence-corrected chi connectivity index (χ1v) is 7.99. The monoisotopic (exact) mass is 334 g/mol. The van der Waals surface area contributed by atoms with Crippen molar-refractivity contribution >= 4 is 23.6 Å². The third-order valence-electron chi connectivity index (χ3n) is 5.15. The Balaban J connectivity index is 1.68. The average Bonchev–Trinajstić information content (AvgIpc) is 2.70. The number of rotatable bonds is 4. The molecule has 0 spiro atoms. The van der Waals surface area contributed by atoms with Crippen molar-refractivity contribution in [1.29, 1.82) is 0 Å². The van der Waals surface area contributed by atoms with Crippen LogP contribution >= 0.6 is 0 Å². The highest BCUT2D eigenvalue weighted by atomic mass is 16.4. The first-order valence-electron chi connectivity index (χ1n) is 7.99. The number of hydrogen-bond acceptors (Lipinski definition) is 4. The van der Waals surface area contributed by atoms with E-state index in [1.165, 1.54) is 0 Å². The van der Waals surface area contributed by atoms with Crippen molar-refractivity contribution in [2.24, 2.45) is 24.3 Å². The molecule has 3 rings (SSSR count). The van der Waals surface area contributed by atoms with Crippen molar-refractivity contribution in [3.05, 3.63) is 11.8 Å². The van der Waals surface area contributed by atoms with Crippen molar-refractivity contribution in [3.8, 4) is 0 Å². The van der Waals surface area contributed by atoms with Gasteiger partial charge in [0.05, 0.1) is 17.5 Å². The molecule has 1 saturated carbocycles. The van der Waals surface area contributed by atoms with Crippen LogP contribution in [0.5, 0.6) is 0 Å². The van der Waals surface area contributed by atoms with Gasteiger partial charge in [-0.3, -0.25) is 24.0 Å². The van der Waals surface area contributed by atoms with Crippen LogP contribution in [-0.2, 0) is 21.4 Å². The Bertz CT molecular complexity index is 724. The van der Waals surface area contributed by atoms with Gasteiger partial charge in [-0.1, -0.05) is 13.8 Å². The number of carboxylic acids is 1. The second-order valence-electron chi connectivity index (χ2n) is 7.22. The van der Waals surface area contributed by atoms with Crippen LogP contribution in [0.1, 0.15) is 26.0 Å². The van der Waals surface area contributed by atoms with Crippen LogP contribution in [0.2, 0.25) is 0 Å². The quantitative estimate of drug-likeness (QED) is 0.824. The molecule has 1 aliphatic carbocycles. The molecule has 1 aromatic rings. The second kappa shape index (κ2) is 5.32. The zero-order valence-electron chi connectivity index (χ0n) is 14.2. The van der Waals surface area contributed by atoms with Gasteiger partial charge in [0.15, 0.2) is 0 Å². The van der Waals surface area contributed by atoms with Crippen LogP contribution < -0.4 is 10.2 Å². The molecule has 24 heavy (non-hydrogen) atoms. The molecule has 130 valence electrons. The van der Waals surface area contributed by atoms with E-state index < -0.39 is 29.3 Å². The van der Waals surface area contributed by atoms with E-state index >= 15 is 0 Å². The van der Waals surface area contributed by atoms with Crippen LogP contribution in [0, 0.1) is 24.2 Å². The molecule has 8 heteroatoms. The maximum atomic E-state index is 12.6. The largest absolute Gasteiger partial charge is 0.481 e. The minimum absolute atomic E-state index is 0.184. The Labute approximate surface area is 139 Å². The highest BCUT2D eigenvalue weighted by Gasteiger charge is 2.66. The number of hydrogen-bond donors (Lipinski definition) is 2. The van der Waals surface area contributed by atoms with Crippen molar-refractivity contribution in [1.82, 2.24) is 15.1 Å². The molecule has 2 N–H and O–H groups in total. The molecule has 1 saturated heterocycles. The van der Waals surface area contributed by atoms with E-state index in [9.17, 15) is 19.5 Å². The van der Waals surface area contributed by atoms with E-state index in [4.69, 9.17) is 0 Å². The lowest BCUT2D eigenvalue weighted by Gasteiger charge is -2.17. The van der Waals surface area contributed by atoms with Crippen LogP contribution in [0.4, 0.5) is 5.82 Å². The zero-order chi connectivity index (χ0) is 17.8. The number of anilines is 1. The fourth-order valence-electron chi connectivity index (χ4n) is 3.74. The van der Waals surface area contributed by atoms with Crippen LogP contribution in [0.15, 0.2) is 6.07 Å². The Morgan fingerprint density at radius 1 is 1.38 bits per heavy atom. The topological polar surface area (TPSA) is 105 Å². The Kier molecular flexibility index (Phi) is 3.65. The smallest absolute Gasteiger partial charge is 0.307 e. The molecule has 8 nitrogen and oxygen atoms in total. The normalized spacial score (nSPS) is 28.1. The number of aliphatic carboxylic acids is 1. The third-order valence-corrected chi connectivity index (χ3v) is 5.15. The van der Waals surface area contributed by atoms with Crippen LogP contribution in [0.3, 0.4) is 0 Å². The van der Waals surface area contributed by atoms with Gasteiger partial charge < -0.3 is 10.4 Å². The lowest BCUT2D eigenvalue weighted by atomic mass is 10.1. The van der Waals surface area contributed by atoms with Gasteiger partial charge in [-0.25, -0.2) is 0 Å². The maximum Gasteiger partial charge on any atom is 0.307 e. The van der Waals surface area contributed by atoms with Gasteiger partial charge in [0.2, 0.25) is 5.91 Å². The summed E-state index contributed by atoms with van der Waals surface area (Å²) in [7, 11) is 1.77. The second-order valence-corrected chi connectivity index (χ2v) is 7.22. The Hall–Kier alpha value is -2.38. The Morgan fingerprint density at radius 2 is 2.04 bits per heavy atom. The summed E-state index contributed by atoms with van der Waals surface area (Å²) in [6.45, 7) is 5.87. The summed E-state index contributed by atoms with van der Waals surface area (Å²) in [5.41, 5.74) is 0.243. The van der Waals surface area contributed by atoms with Gasteiger partial charge >= 0.3 is 5.97 Å². The molecule has 3 atom stereocenters. The highest BCUT2D eigenvalue weighted by molar-refractivity contribution is 6.02. The first-order chi connectivity index (χ1) is 11.1. The molecule has 2 amide bonds. The summed E-state index contributed by atoms with van der Waals surface area (Å²) in [4.78, 5) is 37.8. The van der Waals surface area contributed by atoms with E-state index in [2.05, 4.69) is 10.4 Å². The lowest BCUT2D eigenvalue weighted by molar-refractivity contribution is -0.140. The molecule has 1 unspecified atom stereocenters. The number of amides is 2. The summed E-state index contributed by atoms with van der Waals surface area (Å²) in [6, 6.07) is 1.21. The molecule has 2 fully saturated rings. The van der Waals surface area contributed by atoms with Crippen molar-refractivity contribution in [2.45, 2.75) is 33.2 Å². The molecule has 2 heterocycles. The zero-order valence-corrected chi connectivity index (χ0v) is 14.2. The van der Waals surface area contributed by atoms with E-state index in [1.54, 1.807) is 30.5 Å². The number of aryl methyl sites for hydroxylation is 2. The van der Waals surface area contributed by atoms with Gasteiger partial charge in [-0.05, 0) is 18.8 Å². The molecular formula is C16H22N4O4. The standard InChI is InChI=1S/C16H22N4O4/c1-8-7-10(19(4)18-8)20-6-5-9(14(20)22)17-13(21)11-12(15(23)24)16(11,2)3/h7,9,11-12H,5-6H2,1-4H3,(H,17,21)(H,23,24)/t9?,11-,12+/m0/s1. The fourth-order valence-corrected chi connectivity index (χ4v) is 3.74. The van der Waals surface area contributed by atoms with Crippen LogP contribution in [0.25, 0.3) is 0 Å².